The summed E-state index contributed by atoms with van der Waals surface area (Å²) < 4.78 is 10.5. The van der Waals surface area contributed by atoms with Crippen molar-refractivity contribution in [2.75, 3.05) is 207 Å². The first-order chi connectivity index (χ1) is 31.1. The molecule has 8 fully saturated rings. The van der Waals surface area contributed by atoms with E-state index in [1.54, 1.807) is 0 Å². The van der Waals surface area contributed by atoms with Crippen molar-refractivity contribution in [3.05, 3.63) is 0 Å². The quantitative estimate of drug-likeness (QED) is 0.324. The predicted octanol–water partition coefficient (Wildman–Crippen LogP) is 4.63. The van der Waals surface area contributed by atoms with Crippen LogP contribution in [0.15, 0.2) is 0 Å². The lowest BCUT2D eigenvalue weighted by Crippen LogP contribution is -2.48. The maximum absolute atomic E-state index is 5.34. The molecule has 13 heteroatoms. The summed E-state index contributed by atoms with van der Waals surface area (Å²) in [5.41, 5.74) is 0. The summed E-state index contributed by atoms with van der Waals surface area (Å²) >= 11 is 0. The van der Waals surface area contributed by atoms with E-state index in [1.807, 2.05) is 0 Å². The molecule has 65 heavy (non-hydrogen) atoms. The van der Waals surface area contributed by atoms with Crippen LogP contribution in [-0.4, -0.2) is 297 Å². The van der Waals surface area contributed by atoms with Crippen molar-refractivity contribution >= 4 is 0 Å². The highest BCUT2D eigenvalue weighted by atomic mass is 16.5. The van der Waals surface area contributed by atoms with E-state index in [2.05, 4.69) is 145 Å². The first-order valence-electron chi connectivity index (χ1n) is 27.1. The van der Waals surface area contributed by atoms with Gasteiger partial charge >= 0.3 is 0 Å². The molecule has 0 amide bonds. The van der Waals surface area contributed by atoms with Gasteiger partial charge in [-0.1, -0.05) is 6.42 Å². The Morgan fingerprint density at radius 3 is 1.25 bits per heavy atom. The number of ether oxygens (including phenoxy) is 2. The average Bonchev–Trinajstić information content (AvgIpc) is 4.04. The van der Waals surface area contributed by atoms with Crippen LogP contribution in [-0.2, 0) is 9.47 Å². The molecule has 0 aromatic heterocycles. The molecule has 0 bridgehead atoms. The number of rotatable bonds is 9. The second-order valence-corrected chi connectivity index (χ2v) is 21.8. The Morgan fingerprint density at radius 2 is 0.846 bits per heavy atom. The number of likely N-dealkylation sites (tertiary alicyclic amines) is 4. The van der Waals surface area contributed by atoms with Crippen LogP contribution in [0.3, 0.4) is 0 Å². The summed E-state index contributed by atoms with van der Waals surface area (Å²) in [6.07, 6.45) is 12.6. The van der Waals surface area contributed by atoms with Gasteiger partial charge in [0.15, 0.2) is 0 Å². The largest absolute Gasteiger partial charge is 0.379 e. The molecule has 0 saturated carbocycles. The van der Waals surface area contributed by atoms with E-state index in [0.717, 1.165) is 76.3 Å². The molecule has 386 valence electrons. The van der Waals surface area contributed by atoms with Crippen molar-refractivity contribution < 1.29 is 9.47 Å². The Balaban J connectivity index is 0.000000211. The minimum Gasteiger partial charge on any atom is -0.379 e. The van der Waals surface area contributed by atoms with Gasteiger partial charge in [-0.3, -0.25) is 29.4 Å². The molecule has 6 unspecified atom stereocenters. The smallest absolute Gasteiger partial charge is 0.0619 e. The Labute approximate surface area is 404 Å². The molecule has 0 aromatic rings. The van der Waals surface area contributed by atoms with E-state index in [4.69, 9.17) is 9.47 Å². The van der Waals surface area contributed by atoms with Crippen LogP contribution in [0.5, 0.6) is 0 Å². The van der Waals surface area contributed by atoms with Gasteiger partial charge in [-0.15, -0.1) is 0 Å². The number of morpholine rings is 2. The van der Waals surface area contributed by atoms with Crippen LogP contribution in [0, 0.1) is 0 Å². The van der Waals surface area contributed by atoms with E-state index >= 15 is 0 Å². The number of piperazine rings is 2. The van der Waals surface area contributed by atoms with Gasteiger partial charge in [0.1, 0.15) is 0 Å². The standard InChI is InChI=1S/C12H25N3.C11H22N2O.C9H20N2.C7H16N2.C7H15N.C6H13NO/c1-12-4-3-5-15(12)11-10-14-8-6-13(2)7-9-14;1-11-3-2-4-13(11)6-5-12-7-9-14-10-8-12;1-9-5-4-6-11(9)8-7-10(2)3;1-7-6-8(2)4-5-9(7)3;1-7-5-3-4-6-8(7)2;1-6-5-8-4-3-7(6)2/h12H,3-11H2,1-2H3;11H,2-10H2,1H3;9H,4-8H2,1-3H3;7H,4-6H2,1-3H3;7H,3-6H2,1-2H3;6H,3-5H2,1-2H3. The number of piperidine rings is 1. The lowest BCUT2D eigenvalue weighted by atomic mass is 10.1. The second-order valence-electron chi connectivity index (χ2n) is 21.8. The van der Waals surface area contributed by atoms with Gasteiger partial charge in [0.25, 0.3) is 0 Å². The molecule has 0 spiro atoms. The Hall–Kier alpha value is -0.520. The SMILES string of the molecule is CC1CCCCN1C.CC1CCCN1CCN(C)C.CC1CCCN1CCN1CCN(C)CC1.CC1CCCN1CCN1CCOCC1.CC1CN(C)CCN1C.CC1COCCN1C. The first-order valence-corrected chi connectivity index (χ1v) is 27.1. The second kappa shape index (κ2) is 33.9. The van der Waals surface area contributed by atoms with Crippen LogP contribution in [0.4, 0.5) is 0 Å². The van der Waals surface area contributed by atoms with Crippen molar-refractivity contribution in [3.8, 4) is 0 Å². The number of likely N-dealkylation sites (N-methyl/N-ethyl adjacent to an activating group) is 5. The van der Waals surface area contributed by atoms with Crippen molar-refractivity contribution in [2.24, 2.45) is 0 Å². The molecule has 0 aliphatic carbocycles. The van der Waals surface area contributed by atoms with Gasteiger partial charge in [0, 0.05) is 141 Å². The van der Waals surface area contributed by atoms with Crippen LogP contribution in [0.25, 0.3) is 0 Å². The van der Waals surface area contributed by atoms with Gasteiger partial charge in [0.05, 0.1) is 26.4 Å². The fourth-order valence-electron chi connectivity index (χ4n) is 10.0. The zero-order valence-corrected chi connectivity index (χ0v) is 45.5. The number of hydrogen-bond acceptors (Lipinski definition) is 13. The average molecular weight is 923 g/mol. The van der Waals surface area contributed by atoms with E-state index < -0.39 is 0 Å². The van der Waals surface area contributed by atoms with Crippen molar-refractivity contribution in [1.82, 2.24) is 53.9 Å². The molecule has 8 aliphatic heterocycles. The molecule has 8 aliphatic rings. The van der Waals surface area contributed by atoms with Crippen molar-refractivity contribution in [3.63, 3.8) is 0 Å². The topological polar surface area (TPSA) is 54.1 Å². The van der Waals surface area contributed by atoms with Crippen LogP contribution >= 0.6 is 0 Å². The molecule has 6 atom stereocenters. The van der Waals surface area contributed by atoms with Crippen molar-refractivity contribution in [2.45, 2.75) is 136 Å². The van der Waals surface area contributed by atoms with E-state index in [0.29, 0.717) is 6.04 Å². The maximum Gasteiger partial charge on any atom is 0.0619 e. The van der Waals surface area contributed by atoms with Gasteiger partial charge < -0.3 is 34.0 Å². The summed E-state index contributed by atoms with van der Waals surface area (Å²) in [6.45, 7) is 42.2. The minimum atomic E-state index is 0.615. The van der Waals surface area contributed by atoms with Crippen LogP contribution in [0.2, 0.25) is 0 Å². The summed E-state index contributed by atoms with van der Waals surface area (Å²) in [5, 5.41) is 0. The maximum atomic E-state index is 5.34. The molecular weight excluding hydrogens is 811 g/mol. The Kier molecular flexibility index (Phi) is 30.7. The van der Waals surface area contributed by atoms with Gasteiger partial charge in [-0.2, -0.15) is 0 Å². The highest BCUT2D eigenvalue weighted by molar-refractivity contribution is 4.79. The number of nitrogens with zero attached hydrogens (tertiary/aromatic N) is 11. The van der Waals surface area contributed by atoms with Crippen LogP contribution in [0.1, 0.15) is 99.3 Å². The molecule has 8 heterocycles. The van der Waals surface area contributed by atoms with Gasteiger partial charge in [-0.25, -0.2) is 0 Å². The lowest BCUT2D eigenvalue weighted by Gasteiger charge is -2.35. The monoisotopic (exact) mass is 922 g/mol. The fourth-order valence-corrected chi connectivity index (χ4v) is 10.0. The summed E-state index contributed by atoms with van der Waals surface area (Å²) in [6, 6.07) is 4.67. The highest BCUT2D eigenvalue weighted by Gasteiger charge is 2.23. The third-order valence-corrected chi connectivity index (χ3v) is 16.0. The Bertz CT molecular complexity index is 1100. The zero-order valence-electron chi connectivity index (χ0n) is 45.5. The molecule has 8 rings (SSSR count). The van der Waals surface area contributed by atoms with Crippen molar-refractivity contribution in [1.29, 1.82) is 0 Å². The molecule has 0 N–H and O–H groups in total. The predicted molar refractivity (Wildman–Crippen MR) is 279 cm³/mol. The summed E-state index contributed by atoms with van der Waals surface area (Å²) in [7, 11) is 15.2. The third kappa shape index (κ3) is 25.3. The highest BCUT2D eigenvalue weighted by Crippen LogP contribution is 2.18. The lowest BCUT2D eigenvalue weighted by molar-refractivity contribution is 0.0131. The van der Waals surface area contributed by atoms with E-state index in [1.165, 1.54) is 169 Å². The Morgan fingerprint density at radius 1 is 0.385 bits per heavy atom. The van der Waals surface area contributed by atoms with E-state index in [-0.39, 0.29) is 0 Å². The summed E-state index contributed by atoms with van der Waals surface area (Å²) in [5.74, 6) is 0. The fraction of sp³-hybridized carbons (Fsp3) is 1.00. The molecule has 8 saturated heterocycles. The first kappa shape index (κ1) is 58.8. The molecule has 13 nitrogen and oxygen atoms in total. The molecule has 0 radical (unpaired) electrons. The molecule has 0 aromatic carbocycles. The molecular formula is C52H111N11O2. The number of hydrogen-bond donors (Lipinski definition) is 0. The van der Waals surface area contributed by atoms with Gasteiger partial charge in [-0.05, 0) is 168 Å². The van der Waals surface area contributed by atoms with E-state index in [9.17, 15) is 0 Å². The van der Waals surface area contributed by atoms with Crippen LogP contribution < -0.4 is 0 Å². The summed E-state index contributed by atoms with van der Waals surface area (Å²) in [4.78, 5) is 27.2. The third-order valence-electron chi connectivity index (χ3n) is 16.0. The zero-order chi connectivity index (χ0) is 47.6. The van der Waals surface area contributed by atoms with Gasteiger partial charge in [0.2, 0.25) is 0 Å². The minimum absolute atomic E-state index is 0.615. The normalized spacial score (nSPS) is 31.1.